The second-order valence-corrected chi connectivity index (χ2v) is 9.84. The molecule has 1 N–H and O–H groups in total. The number of rotatable bonds is 10. The summed E-state index contributed by atoms with van der Waals surface area (Å²) in [6.45, 7) is 0.219. The van der Waals surface area contributed by atoms with E-state index in [0.29, 0.717) is 17.9 Å². The molecule has 1 aliphatic rings. The summed E-state index contributed by atoms with van der Waals surface area (Å²) >= 11 is 6.32. The van der Waals surface area contributed by atoms with Crippen LogP contribution in [0.3, 0.4) is 0 Å². The minimum atomic E-state index is -0.684. The van der Waals surface area contributed by atoms with E-state index in [1.807, 2.05) is 54.6 Å². The molecule has 0 saturated heterocycles. The van der Waals surface area contributed by atoms with Crippen molar-refractivity contribution in [1.29, 1.82) is 0 Å². The van der Waals surface area contributed by atoms with Crippen molar-refractivity contribution in [3.63, 3.8) is 0 Å². The zero-order valence-electron chi connectivity index (χ0n) is 20.3. The fraction of sp³-hybridized carbons (Fsp3) is 0.333. The molecule has 1 fully saturated rings. The topological polar surface area (TPSA) is 49.4 Å². The third-order valence-corrected chi connectivity index (χ3v) is 7.17. The maximum atomic E-state index is 13.7. The van der Waals surface area contributed by atoms with Crippen LogP contribution in [0.1, 0.15) is 48.8 Å². The van der Waals surface area contributed by atoms with E-state index in [1.165, 1.54) is 12.1 Å². The lowest BCUT2D eigenvalue weighted by atomic mass is 10.0. The van der Waals surface area contributed by atoms with Crippen molar-refractivity contribution < 1.29 is 14.0 Å². The van der Waals surface area contributed by atoms with Crippen LogP contribution in [0.25, 0.3) is 0 Å². The van der Waals surface area contributed by atoms with Crippen molar-refractivity contribution >= 4 is 23.4 Å². The lowest BCUT2D eigenvalue weighted by Gasteiger charge is -2.32. The summed E-state index contributed by atoms with van der Waals surface area (Å²) in [7, 11) is 0. The zero-order valence-corrected chi connectivity index (χ0v) is 21.1. The normalized spacial score (nSPS) is 14.4. The van der Waals surface area contributed by atoms with Crippen molar-refractivity contribution in [3.05, 3.63) is 106 Å². The molecule has 188 valence electrons. The Morgan fingerprint density at radius 1 is 0.917 bits per heavy atom. The lowest BCUT2D eigenvalue weighted by molar-refractivity contribution is -0.141. The smallest absolute Gasteiger partial charge is 0.243 e. The first-order valence-corrected chi connectivity index (χ1v) is 13.0. The molecule has 2 amide bonds. The Kier molecular flexibility index (Phi) is 9.12. The van der Waals surface area contributed by atoms with Crippen LogP contribution in [0.15, 0.2) is 78.9 Å². The molecule has 0 unspecified atom stereocenters. The molecule has 3 aromatic rings. The Hall–Kier alpha value is -3.18. The van der Waals surface area contributed by atoms with Crippen LogP contribution < -0.4 is 5.32 Å². The summed E-state index contributed by atoms with van der Waals surface area (Å²) in [6.07, 6.45) is 5.21. The van der Waals surface area contributed by atoms with E-state index in [2.05, 4.69) is 5.32 Å². The second-order valence-electron chi connectivity index (χ2n) is 9.44. The summed E-state index contributed by atoms with van der Waals surface area (Å²) in [5, 5.41) is 3.82. The number of hydrogen-bond acceptors (Lipinski definition) is 2. The molecule has 0 aromatic heterocycles. The van der Waals surface area contributed by atoms with Gasteiger partial charge in [0.15, 0.2) is 0 Å². The van der Waals surface area contributed by atoms with Gasteiger partial charge in [-0.3, -0.25) is 9.59 Å². The molecule has 0 spiro atoms. The lowest BCUT2D eigenvalue weighted by Crippen LogP contribution is -2.52. The first-order chi connectivity index (χ1) is 17.5. The van der Waals surface area contributed by atoms with E-state index in [9.17, 15) is 14.0 Å². The number of halogens is 2. The SMILES string of the molecule is O=C(NC1CCCC1)[C@@H](Cc1ccccc1)N(Cc1ccc(F)cc1)C(=O)CCc1ccccc1Cl. The predicted molar refractivity (Wildman–Crippen MR) is 141 cm³/mol. The Morgan fingerprint density at radius 3 is 2.28 bits per heavy atom. The highest BCUT2D eigenvalue weighted by Crippen LogP contribution is 2.22. The van der Waals surface area contributed by atoms with Crippen molar-refractivity contribution in [2.45, 2.75) is 63.6 Å². The van der Waals surface area contributed by atoms with Crippen molar-refractivity contribution in [2.24, 2.45) is 0 Å². The van der Waals surface area contributed by atoms with Crippen molar-refractivity contribution in [1.82, 2.24) is 10.2 Å². The van der Waals surface area contributed by atoms with Crippen molar-refractivity contribution in [3.8, 4) is 0 Å². The van der Waals surface area contributed by atoms with E-state index >= 15 is 0 Å². The molecule has 0 heterocycles. The van der Waals surface area contributed by atoms with Crippen molar-refractivity contribution in [2.75, 3.05) is 0 Å². The predicted octanol–water partition coefficient (Wildman–Crippen LogP) is 6.11. The van der Waals surface area contributed by atoms with Gasteiger partial charge in [-0.25, -0.2) is 4.39 Å². The van der Waals surface area contributed by atoms with Gasteiger partial charge in [-0.05, 0) is 54.2 Å². The largest absolute Gasteiger partial charge is 0.352 e. The number of aryl methyl sites for hydroxylation is 1. The highest BCUT2D eigenvalue weighted by atomic mass is 35.5. The molecular formula is C30H32ClFN2O2. The van der Waals surface area contributed by atoms with E-state index in [-0.39, 0.29) is 36.6 Å². The maximum Gasteiger partial charge on any atom is 0.243 e. The zero-order chi connectivity index (χ0) is 25.3. The molecule has 36 heavy (non-hydrogen) atoms. The molecule has 3 aromatic carbocycles. The number of carbonyl (C=O) groups is 2. The number of hydrogen-bond donors (Lipinski definition) is 1. The fourth-order valence-electron chi connectivity index (χ4n) is 4.79. The number of carbonyl (C=O) groups excluding carboxylic acids is 2. The van der Waals surface area contributed by atoms with Gasteiger partial charge in [0, 0.05) is 30.5 Å². The standard InChI is InChI=1S/C30H32ClFN2O2/c31-27-13-7-4-10-24(27)16-19-29(35)34(21-23-14-17-25(32)18-15-23)28(20-22-8-2-1-3-9-22)30(36)33-26-11-5-6-12-26/h1-4,7-10,13-15,17-18,26,28H,5-6,11-12,16,19-21H2,(H,33,36)/t28-/m1/s1. The van der Waals surface area contributed by atoms with Gasteiger partial charge in [0.2, 0.25) is 11.8 Å². The summed E-state index contributed by atoms with van der Waals surface area (Å²) in [4.78, 5) is 29.0. The Bertz CT molecular complexity index is 1150. The number of nitrogens with one attached hydrogen (secondary N) is 1. The highest BCUT2D eigenvalue weighted by molar-refractivity contribution is 6.31. The molecule has 1 aliphatic carbocycles. The van der Waals surface area contributed by atoms with Gasteiger partial charge in [0.05, 0.1) is 0 Å². The second kappa shape index (κ2) is 12.7. The molecular weight excluding hydrogens is 475 g/mol. The monoisotopic (exact) mass is 506 g/mol. The first-order valence-electron chi connectivity index (χ1n) is 12.6. The molecule has 0 bridgehead atoms. The van der Waals surface area contributed by atoms with Crippen LogP contribution >= 0.6 is 11.6 Å². The molecule has 1 saturated carbocycles. The summed E-state index contributed by atoms with van der Waals surface area (Å²) < 4.78 is 13.6. The maximum absolute atomic E-state index is 13.7. The van der Waals surface area contributed by atoms with Gasteiger partial charge in [0.1, 0.15) is 11.9 Å². The highest BCUT2D eigenvalue weighted by Gasteiger charge is 2.32. The Morgan fingerprint density at radius 2 is 1.58 bits per heavy atom. The Labute approximate surface area is 217 Å². The van der Waals surface area contributed by atoms with E-state index < -0.39 is 6.04 Å². The van der Waals surface area contributed by atoms with Crippen LogP contribution in [0.5, 0.6) is 0 Å². The molecule has 0 aliphatic heterocycles. The average molecular weight is 507 g/mol. The van der Waals surface area contributed by atoms with Crippen LogP contribution in [0, 0.1) is 5.82 Å². The van der Waals surface area contributed by atoms with Gasteiger partial charge in [-0.1, -0.05) is 85.1 Å². The van der Waals surface area contributed by atoms with Gasteiger partial charge in [-0.2, -0.15) is 0 Å². The molecule has 6 heteroatoms. The average Bonchev–Trinajstić information content (AvgIpc) is 3.40. The number of amides is 2. The molecule has 0 radical (unpaired) electrons. The van der Waals surface area contributed by atoms with E-state index in [1.54, 1.807) is 17.0 Å². The third-order valence-electron chi connectivity index (χ3n) is 6.80. The van der Waals surface area contributed by atoms with E-state index in [4.69, 9.17) is 11.6 Å². The minimum Gasteiger partial charge on any atom is -0.352 e. The number of nitrogens with zero attached hydrogens (tertiary/aromatic N) is 1. The minimum absolute atomic E-state index is 0.137. The van der Waals surface area contributed by atoms with Crippen LogP contribution in [0.2, 0.25) is 5.02 Å². The molecule has 4 rings (SSSR count). The fourth-order valence-corrected chi connectivity index (χ4v) is 5.02. The Balaban J connectivity index is 1.61. The van der Waals surface area contributed by atoms with Gasteiger partial charge in [-0.15, -0.1) is 0 Å². The van der Waals surface area contributed by atoms with Crippen LogP contribution in [-0.2, 0) is 29.0 Å². The van der Waals surface area contributed by atoms with E-state index in [0.717, 1.165) is 42.4 Å². The summed E-state index contributed by atoms with van der Waals surface area (Å²) in [5.74, 6) is -0.615. The summed E-state index contributed by atoms with van der Waals surface area (Å²) in [5.41, 5.74) is 2.64. The third kappa shape index (κ3) is 7.17. The van der Waals surface area contributed by atoms with Gasteiger partial charge < -0.3 is 10.2 Å². The van der Waals surface area contributed by atoms with Crippen LogP contribution in [-0.4, -0.2) is 28.8 Å². The molecule has 1 atom stereocenters. The quantitative estimate of drug-likeness (QED) is 0.360. The van der Waals surface area contributed by atoms with Gasteiger partial charge >= 0.3 is 0 Å². The van der Waals surface area contributed by atoms with Gasteiger partial charge in [0.25, 0.3) is 0 Å². The summed E-state index contributed by atoms with van der Waals surface area (Å²) in [6, 6.07) is 22.8. The molecule has 4 nitrogen and oxygen atoms in total. The number of benzene rings is 3. The first kappa shape index (κ1) is 25.9. The van der Waals surface area contributed by atoms with Crippen LogP contribution in [0.4, 0.5) is 4.39 Å².